The Balaban J connectivity index is 2.54. The summed E-state index contributed by atoms with van der Waals surface area (Å²) in [5.74, 6) is 0.172. The highest BCUT2D eigenvalue weighted by Crippen LogP contribution is 2.27. The number of hydrogen-bond acceptors (Lipinski definition) is 4. The van der Waals surface area contributed by atoms with Crippen LogP contribution in [0.15, 0.2) is 34.6 Å². The van der Waals surface area contributed by atoms with Crippen LogP contribution in [-0.4, -0.2) is 11.8 Å². The molecule has 0 aliphatic carbocycles. The minimum absolute atomic E-state index is 0.0554. The molecule has 98 valence electrons. The summed E-state index contributed by atoms with van der Waals surface area (Å²) in [6.07, 6.45) is 0.539. The Morgan fingerprint density at radius 1 is 1.37 bits per heavy atom. The molecule has 1 unspecified atom stereocenters. The molecule has 0 saturated carbocycles. The van der Waals surface area contributed by atoms with E-state index in [2.05, 4.69) is 11.1 Å². The van der Waals surface area contributed by atoms with Crippen LogP contribution < -0.4 is 5.73 Å². The van der Waals surface area contributed by atoms with Gasteiger partial charge in [-0.2, -0.15) is 5.26 Å². The lowest BCUT2D eigenvalue weighted by atomic mass is 10.0. The SMILES string of the molecule is Cc1cccc(C)c1N=C1CC(C)OC(N)=C1C#N. The third-order valence-corrected chi connectivity index (χ3v) is 3.14. The molecule has 0 spiro atoms. The maximum Gasteiger partial charge on any atom is 0.204 e. The maximum atomic E-state index is 9.19. The summed E-state index contributed by atoms with van der Waals surface area (Å²) < 4.78 is 5.37. The largest absolute Gasteiger partial charge is 0.475 e. The summed E-state index contributed by atoms with van der Waals surface area (Å²) in [4.78, 5) is 4.65. The second-order valence-corrected chi connectivity index (χ2v) is 4.78. The Bertz CT molecular complexity index is 588. The number of aliphatic imine (C=N–C) groups is 1. The molecule has 0 saturated heterocycles. The highest BCUT2D eigenvalue weighted by molar-refractivity contribution is 6.06. The lowest BCUT2D eigenvalue weighted by Gasteiger charge is -2.22. The molecule has 4 nitrogen and oxygen atoms in total. The molecule has 0 aromatic heterocycles. The predicted molar refractivity (Wildman–Crippen MR) is 75.0 cm³/mol. The number of ether oxygens (including phenoxy) is 1. The van der Waals surface area contributed by atoms with E-state index in [1.807, 2.05) is 39.0 Å². The number of aryl methyl sites for hydroxylation is 2. The number of nitrogens with two attached hydrogens (primary N) is 1. The van der Waals surface area contributed by atoms with E-state index in [1.54, 1.807) is 0 Å². The van der Waals surface area contributed by atoms with E-state index in [0.717, 1.165) is 16.8 Å². The minimum atomic E-state index is -0.0554. The van der Waals surface area contributed by atoms with Crippen molar-refractivity contribution in [1.82, 2.24) is 0 Å². The van der Waals surface area contributed by atoms with Crippen molar-refractivity contribution in [3.05, 3.63) is 40.8 Å². The summed E-state index contributed by atoms with van der Waals surface area (Å²) in [6.45, 7) is 5.93. The van der Waals surface area contributed by atoms with Crippen LogP contribution in [0.2, 0.25) is 0 Å². The Labute approximate surface area is 113 Å². The number of nitrogens with zero attached hydrogens (tertiary/aromatic N) is 2. The van der Waals surface area contributed by atoms with Gasteiger partial charge in [0, 0.05) is 6.42 Å². The van der Waals surface area contributed by atoms with E-state index >= 15 is 0 Å². The second kappa shape index (κ2) is 5.15. The van der Waals surface area contributed by atoms with Crippen molar-refractivity contribution >= 4 is 11.4 Å². The van der Waals surface area contributed by atoms with Gasteiger partial charge in [-0.25, -0.2) is 0 Å². The molecule has 1 aliphatic heterocycles. The fourth-order valence-electron chi connectivity index (χ4n) is 2.17. The highest BCUT2D eigenvalue weighted by Gasteiger charge is 2.23. The molecule has 1 aliphatic rings. The molecule has 4 heteroatoms. The van der Waals surface area contributed by atoms with E-state index in [-0.39, 0.29) is 12.0 Å². The van der Waals surface area contributed by atoms with Gasteiger partial charge in [-0.1, -0.05) is 18.2 Å². The number of allylic oxidation sites excluding steroid dienone is 1. The number of benzene rings is 1. The lowest BCUT2D eigenvalue weighted by molar-refractivity contribution is 0.128. The molecule has 1 aromatic carbocycles. The molecule has 0 amide bonds. The Kier molecular flexibility index (Phi) is 3.57. The Morgan fingerprint density at radius 3 is 2.58 bits per heavy atom. The molecule has 0 radical (unpaired) electrons. The fraction of sp³-hybridized carbons (Fsp3) is 0.333. The average molecular weight is 255 g/mol. The zero-order valence-corrected chi connectivity index (χ0v) is 11.4. The van der Waals surface area contributed by atoms with E-state index in [0.29, 0.717) is 17.7 Å². The molecule has 19 heavy (non-hydrogen) atoms. The Morgan fingerprint density at radius 2 is 2.00 bits per heavy atom. The zero-order valence-electron chi connectivity index (χ0n) is 11.4. The number of para-hydroxylation sites is 1. The number of nitriles is 1. The van der Waals surface area contributed by atoms with Crippen LogP contribution in [0.4, 0.5) is 5.69 Å². The molecule has 1 heterocycles. The van der Waals surface area contributed by atoms with Gasteiger partial charge in [-0.15, -0.1) is 0 Å². The van der Waals surface area contributed by atoms with Gasteiger partial charge in [0.2, 0.25) is 5.88 Å². The van der Waals surface area contributed by atoms with Gasteiger partial charge in [-0.3, -0.25) is 4.99 Å². The molecule has 0 bridgehead atoms. The number of hydrogen-bond donors (Lipinski definition) is 1. The molecular weight excluding hydrogens is 238 g/mol. The van der Waals surface area contributed by atoms with Crippen molar-refractivity contribution in [2.24, 2.45) is 10.7 Å². The van der Waals surface area contributed by atoms with Crippen LogP contribution in [-0.2, 0) is 4.74 Å². The van der Waals surface area contributed by atoms with Gasteiger partial charge >= 0.3 is 0 Å². The van der Waals surface area contributed by atoms with Crippen molar-refractivity contribution in [1.29, 1.82) is 5.26 Å². The highest BCUT2D eigenvalue weighted by atomic mass is 16.5. The first-order chi connectivity index (χ1) is 9.02. The van der Waals surface area contributed by atoms with Crippen molar-refractivity contribution in [2.45, 2.75) is 33.3 Å². The van der Waals surface area contributed by atoms with Crippen LogP contribution >= 0.6 is 0 Å². The molecule has 0 fully saturated rings. The van der Waals surface area contributed by atoms with Crippen molar-refractivity contribution in [3.63, 3.8) is 0 Å². The zero-order chi connectivity index (χ0) is 14.0. The third kappa shape index (κ3) is 2.60. The maximum absolute atomic E-state index is 9.19. The van der Waals surface area contributed by atoms with Gasteiger partial charge in [0.1, 0.15) is 17.7 Å². The van der Waals surface area contributed by atoms with Gasteiger partial charge in [0.05, 0.1) is 11.4 Å². The van der Waals surface area contributed by atoms with Crippen LogP contribution in [0, 0.1) is 25.2 Å². The van der Waals surface area contributed by atoms with Gasteiger partial charge in [0.15, 0.2) is 0 Å². The summed E-state index contributed by atoms with van der Waals surface area (Å²) in [7, 11) is 0. The lowest BCUT2D eigenvalue weighted by Crippen LogP contribution is -2.26. The van der Waals surface area contributed by atoms with Crippen LogP contribution in [0.25, 0.3) is 0 Å². The average Bonchev–Trinajstić information content (AvgIpc) is 2.33. The summed E-state index contributed by atoms with van der Waals surface area (Å²) >= 11 is 0. The Hall–Kier alpha value is -2.28. The predicted octanol–water partition coefficient (Wildman–Crippen LogP) is 2.88. The molecule has 1 atom stereocenters. The molecule has 2 rings (SSSR count). The summed E-state index contributed by atoms with van der Waals surface area (Å²) in [5.41, 5.74) is 9.89. The van der Waals surface area contributed by atoms with Crippen LogP contribution in [0.5, 0.6) is 0 Å². The molecule has 2 N–H and O–H groups in total. The van der Waals surface area contributed by atoms with Crippen molar-refractivity contribution in [3.8, 4) is 6.07 Å². The van der Waals surface area contributed by atoms with Gasteiger partial charge in [0.25, 0.3) is 0 Å². The first-order valence-electron chi connectivity index (χ1n) is 6.23. The molecule has 1 aromatic rings. The quantitative estimate of drug-likeness (QED) is 0.838. The van der Waals surface area contributed by atoms with E-state index in [1.165, 1.54) is 0 Å². The summed E-state index contributed by atoms with van der Waals surface area (Å²) in [6, 6.07) is 8.10. The van der Waals surface area contributed by atoms with E-state index in [9.17, 15) is 5.26 Å². The number of rotatable bonds is 1. The first kappa shape index (κ1) is 13.2. The minimum Gasteiger partial charge on any atom is -0.475 e. The van der Waals surface area contributed by atoms with E-state index in [4.69, 9.17) is 10.5 Å². The summed E-state index contributed by atoms with van der Waals surface area (Å²) in [5, 5.41) is 9.19. The smallest absolute Gasteiger partial charge is 0.204 e. The second-order valence-electron chi connectivity index (χ2n) is 4.78. The third-order valence-electron chi connectivity index (χ3n) is 3.14. The monoisotopic (exact) mass is 255 g/mol. The van der Waals surface area contributed by atoms with Crippen LogP contribution in [0.1, 0.15) is 24.5 Å². The van der Waals surface area contributed by atoms with Crippen molar-refractivity contribution in [2.75, 3.05) is 0 Å². The van der Waals surface area contributed by atoms with E-state index < -0.39 is 0 Å². The standard InChI is InChI=1S/C15H17N3O/c1-9-5-4-6-10(2)14(9)18-13-7-11(3)19-15(17)12(13)8-16/h4-6,11H,7,17H2,1-3H3. The van der Waals surface area contributed by atoms with Crippen LogP contribution in [0.3, 0.4) is 0 Å². The first-order valence-corrected chi connectivity index (χ1v) is 6.23. The topological polar surface area (TPSA) is 71.4 Å². The van der Waals surface area contributed by atoms with Gasteiger partial charge in [-0.05, 0) is 31.9 Å². The normalized spacial score (nSPS) is 21.2. The fourth-order valence-corrected chi connectivity index (χ4v) is 2.17. The van der Waals surface area contributed by atoms with Gasteiger partial charge < -0.3 is 10.5 Å². The van der Waals surface area contributed by atoms with Crippen molar-refractivity contribution < 1.29 is 4.74 Å². The molecular formula is C15H17N3O.